The number of carboxylic acids is 1. The number of rotatable bonds is 4. The second kappa shape index (κ2) is 9.29. The van der Waals surface area contributed by atoms with Gasteiger partial charge in [0.2, 0.25) is 0 Å². The van der Waals surface area contributed by atoms with Crippen LogP contribution in [0.15, 0.2) is 48.5 Å². The molecule has 1 N–H and O–H groups in total. The van der Waals surface area contributed by atoms with Crippen LogP contribution in [0.25, 0.3) is 22.6 Å². The molecule has 0 spiro atoms. The number of hydrogen-bond acceptors (Lipinski definition) is 3. The first-order valence-corrected chi connectivity index (χ1v) is 13.0. The van der Waals surface area contributed by atoms with E-state index in [1.807, 2.05) is 31.2 Å². The van der Waals surface area contributed by atoms with Crippen molar-refractivity contribution in [2.75, 3.05) is 0 Å². The fourth-order valence-electron chi connectivity index (χ4n) is 5.49. The Morgan fingerprint density at radius 3 is 2.43 bits per heavy atom. The molecular weight excluding hydrogens is 458 g/mol. The lowest BCUT2D eigenvalue weighted by atomic mass is 9.69. The topological polar surface area (TPSA) is 68.0 Å². The summed E-state index contributed by atoms with van der Waals surface area (Å²) in [5.41, 5.74) is 9.53. The van der Waals surface area contributed by atoms with Gasteiger partial charge in [0.1, 0.15) is 0 Å². The molecule has 5 heteroatoms. The molecule has 1 aliphatic carbocycles. The summed E-state index contributed by atoms with van der Waals surface area (Å²) in [5.74, 6) is -0.586. The summed E-state index contributed by atoms with van der Waals surface area (Å²) in [6.45, 7) is 13.7. The van der Waals surface area contributed by atoms with Crippen LogP contribution in [0, 0.1) is 32.1 Å². The van der Waals surface area contributed by atoms with Gasteiger partial charge in [0.25, 0.3) is 0 Å². The molecule has 0 bridgehead atoms. The molecular formula is C32H35N3O2. The van der Waals surface area contributed by atoms with Crippen molar-refractivity contribution in [1.29, 1.82) is 0 Å². The molecule has 0 saturated carbocycles. The quantitative estimate of drug-likeness (QED) is 0.325. The van der Waals surface area contributed by atoms with Crippen molar-refractivity contribution in [2.45, 2.75) is 60.9 Å². The smallest absolute Gasteiger partial charge is 0.336 e. The van der Waals surface area contributed by atoms with Gasteiger partial charge in [-0.2, -0.15) is 5.10 Å². The number of benzene rings is 2. The maximum absolute atomic E-state index is 12.6. The number of carbonyl (C=O) groups is 1. The van der Waals surface area contributed by atoms with E-state index in [-0.39, 0.29) is 5.41 Å². The zero-order valence-electron chi connectivity index (χ0n) is 22.6. The molecule has 2 heterocycles. The molecule has 0 fully saturated rings. The Bertz CT molecular complexity index is 1540. The third-order valence-electron chi connectivity index (χ3n) is 7.86. The van der Waals surface area contributed by atoms with Gasteiger partial charge in [0.15, 0.2) is 0 Å². The van der Waals surface area contributed by atoms with Crippen LogP contribution in [0.4, 0.5) is 0 Å². The largest absolute Gasteiger partial charge is 0.478 e. The third-order valence-corrected chi connectivity index (χ3v) is 7.86. The number of allylic oxidation sites excluding steroid dienone is 1. The van der Waals surface area contributed by atoms with E-state index in [0.717, 1.165) is 45.7 Å². The van der Waals surface area contributed by atoms with Crippen LogP contribution in [-0.4, -0.2) is 25.8 Å². The molecule has 2 aromatic heterocycles. The fourth-order valence-corrected chi connectivity index (χ4v) is 5.49. The first-order valence-electron chi connectivity index (χ1n) is 13.0. The highest BCUT2D eigenvalue weighted by Gasteiger charge is 2.35. The molecule has 0 aliphatic heterocycles. The van der Waals surface area contributed by atoms with Crippen molar-refractivity contribution in [2.24, 2.45) is 11.3 Å². The van der Waals surface area contributed by atoms with Gasteiger partial charge in [0.05, 0.1) is 29.0 Å². The first-order chi connectivity index (χ1) is 17.5. The Kier molecular flexibility index (Phi) is 6.26. The van der Waals surface area contributed by atoms with Crippen molar-refractivity contribution in [1.82, 2.24) is 14.8 Å². The number of aryl methyl sites for hydroxylation is 2. The van der Waals surface area contributed by atoms with E-state index in [0.29, 0.717) is 29.8 Å². The number of hydrogen-bond donors (Lipinski definition) is 1. The lowest BCUT2D eigenvalue weighted by molar-refractivity contribution is 0.0696. The van der Waals surface area contributed by atoms with Crippen LogP contribution < -0.4 is 0 Å². The van der Waals surface area contributed by atoms with Gasteiger partial charge in [-0.3, -0.25) is 4.68 Å². The van der Waals surface area contributed by atoms with Crippen molar-refractivity contribution in [3.63, 3.8) is 0 Å². The van der Waals surface area contributed by atoms with Crippen molar-refractivity contribution >= 4 is 28.5 Å². The molecule has 0 radical (unpaired) electrons. The first kappa shape index (κ1) is 24.9. The molecule has 5 rings (SSSR count). The van der Waals surface area contributed by atoms with E-state index in [4.69, 9.17) is 10.1 Å². The normalized spacial score (nSPS) is 16.8. The maximum Gasteiger partial charge on any atom is 0.336 e. The van der Waals surface area contributed by atoms with Crippen LogP contribution >= 0.6 is 0 Å². The molecule has 1 unspecified atom stereocenters. The van der Waals surface area contributed by atoms with Gasteiger partial charge in [-0.15, -0.1) is 0 Å². The van der Waals surface area contributed by atoms with E-state index < -0.39 is 5.97 Å². The van der Waals surface area contributed by atoms with Crippen LogP contribution in [0.5, 0.6) is 0 Å². The number of para-hydroxylation sites is 1. The van der Waals surface area contributed by atoms with Gasteiger partial charge >= 0.3 is 5.97 Å². The summed E-state index contributed by atoms with van der Waals surface area (Å²) in [6, 6.07) is 16.2. The van der Waals surface area contributed by atoms with Crippen LogP contribution in [0.2, 0.25) is 0 Å². The van der Waals surface area contributed by atoms with Gasteiger partial charge in [-0.25, -0.2) is 9.78 Å². The maximum atomic E-state index is 12.6. The number of pyridine rings is 1. The summed E-state index contributed by atoms with van der Waals surface area (Å²) in [4.78, 5) is 17.6. The van der Waals surface area contributed by atoms with E-state index >= 15 is 0 Å². The average molecular weight is 494 g/mol. The Hall–Kier alpha value is -3.73. The van der Waals surface area contributed by atoms with Crippen molar-refractivity contribution in [3.8, 4) is 0 Å². The highest BCUT2D eigenvalue weighted by molar-refractivity contribution is 6.06. The highest BCUT2D eigenvalue weighted by Crippen LogP contribution is 2.45. The SMILES string of the molecule is Cc1ccc(Cn2nc(C)c(/C=C3\CC(C(C)(C)C)Cc4c3nc3ccccc3c4C(=O)O)c2C)cc1. The molecule has 4 aromatic rings. The van der Waals surface area contributed by atoms with Crippen molar-refractivity contribution < 1.29 is 9.90 Å². The molecule has 1 aliphatic rings. The lowest BCUT2D eigenvalue weighted by Gasteiger charge is -2.36. The molecule has 1 atom stereocenters. The lowest BCUT2D eigenvalue weighted by Crippen LogP contribution is -2.28. The van der Waals surface area contributed by atoms with Gasteiger partial charge in [0, 0.05) is 16.6 Å². The Morgan fingerprint density at radius 1 is 1.05 bits per heavy atom. The predicted molar refractivity (Wildman–Crippen MR) is 150 cm³/mol. The second-order valence-corrected chi connectivity index (χ2v) is 11.5. The summed E-state index contributed by atoms with van der Waals surface area (Å²) in [5, 5.41) is 15.9. The van der Waals surface area contributed by atoms with Crippen LogP contribution in [-0.2, 0) is 13.0 Å². The van der Waals surface area contributed by atoms with Crippen molar-refractivity contribution in [3.05, 3.63) is 93.4 Å². The molecule has 0 saturated heterocycles. The second-order valence-electron chi connectivity index (χ2n) is 11.5. The number of carboxylic acid groups (broad SMARTS) is 1. The standard InChI is InChI=1S/C32H35N3O2/c1-19-11-13-22(14-12-19)18-35-21(3)26(20(2)34-35)16-23-15-24(32(4,5)6)17-27-29(31(36)37)25-9-7-8-10-28(25)33-30(23)27/h7-14,16,24H,15,17-18H2,1-6H3,(H,36,37)/b23-16+. The fraction of sp³-hybridized carbons (Fsp3) is 0.344. The predicted octanol–water partition coefficient (Wildman–Crippen LogP) is 7.25. The van der Waals surface area contributed by atoms with Gasteiger partial charge in [-0.1, -0.05) is 68.8 Å². The van der Waals surface area contributed by atoms with Gasteiger partial charge < -0.3 is 5.11 Å². The van der Waals surface area contributed by atoms with Gasteiger partial charge in [-0.05, 0) is 73.8 Å². The molecule has 2 aromatic carbocycles. The number of fused-ring (bicyclic) bond motifs is 2. The van der Waals surface area contributed by atoms with E-state index in [1.165, 1.54) is 11.1 Å². The summed E-state index contributed by atoms with van der Waals surface area (Å²) >= 11 is 0. The Balaban J connectivity index is 1.67. The minimum atomic E-state index is -0.887. The Morgan fingerprint density at radius 2 is 1.76 bits per heavy atom. The monoisotopic (exact) mass is 493 g/mol. The Labute approximate surface area is 218 Å². The third kappa shape index (κ3) is 4.71. The number of nitrogens with zero attached hydrogens (tertiary/aromatic N) is 3. The molecule has 5 nitrogen and oxygen atoms in total. The zero-order valence-corrected chi connectivity index (χ0v) is 22.6. The molecule has 37 heavy (non-hydrogen) atoms. The summed E-state index contributed by atoms with van der Waals surface area (Å²) in [7, 11) is 0. The van der Waals surface area contributed by atoms with E-state index in [1.54, 1.807) is 0 Å². The minimum Gasteiger partial charge on any atom is -0.478 e. The number of aromatic carboxylic acids is 1. The highest BCUT2D eigenvalue weighted by atomic mass is 16.4. The zero-order chi connectivity index (χ0) is 26.5. The summed E-state index contributed by atoms with van der Waals surface area (Å²) < 4.78 is 2.06. The molecule has 190 valence electrons. The van der Waals surface area contributed by atoms with Crippen LogP contribution in [0.3, 0.4) is 0 Å². The van der Waals surface area contributed by atoms with E-state index in [9.17, 15) is 9.90 Å². The van der Waals surface area contributed by atoms with E-state index in [2.05, 4.69) is 69.6 Å². The summed E-state index contributed by atoms with van der Waals surface area (Å²) in [6.07, 6.45) is 3.77. The minimum absolute atomic E-state index is 0.0257. The molecule has 0 amide bonds. The average Bonchev–Trinajstić information content (AvgIpc) is 3.10. The van der Waals surface area contributed by atoms with Crippen LogP contribution in [0.1, 0.15) is 76.9 Å². The number of aromatic nitrogens is 3.